The van der Waals surface area contributed by atoms with E-state index in [0.717, 1.165) is 17.1 Å². The predicted octanol–water partition coefficient (Wildman–Crippen LogP) is 3.98. The van der Waals surface area contributed by atoms with Crippen LogP contribution < -0.4 is 5.32 Å². The Morgan fingerprint density at radius 1 is 1.47 bits per heavy atom. The molecular formula is C12H15ClN2S2. The van der Waals surface area contributed by atoms with Crippen LogP contribution in [0.25, 0.3) is 0 Å². The first kappa shape index (κ1) is 13.0. The Labute approximate surface area is 115 Å². The Bertz CT molecular complexity index is 485. The molecule has 0 aliphatic heterocycles. The van der Waals surface area contributed by atoms with Crippen LogP contribution in [-0.4, -0.2) is 12.0 Å². The van der Waals surface area contributed by atoms with E-state index in [4.69, 9.17) is 11.6 Å². The van der Waals surface area contributed by atoms with E-state index in [0.29, 0.717) is 0 Å². The third kappa shape index (κ3) is 2.88. The van der Waals surface area contributed by atoms with Gasteiger partial charge in [0.2, 0.25) is 0 Å². The van der Waals surface area contributed by atoms with Crippen molar-refractivity contribution in [1.29, 1.82) is 0 Å². The first-order valence-corrected chi connectivity index (χ1v) is 7.52. The quantitative estimate of drug-likeness (QED) is 0.920. The summed E-state index contributed by atoms with van der Waals surface area (Å²) in [6, 6.07) is 2.21. The molecule has 2 aromatic rings. The molecule has 2 aromatic heterocycles. The fourth-order valence-corrected chi connectivity index (χ4v) is 3.96. The first-order chi connectivity index (χ1) is 8.11. The molecule has 2 nitrogen and oxygen atoms in total. The number of hydrogen-bond donors (Lipinski definition) is 1. The maximum Gasteiger partial charge on any atom is 0.0950 e. The Hall–Kier alpha value is -0.420. The molecular weight excluding hydrogens is 272 g/mol. The molecule has 0 aliphatic rings. The van der Waals surface area contributed by atoms with Crippen LogP contribution >= 0.6 is 34.3 Å². The molecule has 1 unspecified atom stereocenters. The van der Waals surface area contributed by atoms with Gasteiger partial charge in [0.05, 0.1) is 15.7 Å². The van der Waals surface area contributed by atoms with E-state index in [-0.39, 0.29) is 6.04 Å². The third-order valence-electron chi connectivity index (χ3n) is 2.76. The lowest BCUT2D eigenvalue weighted by Crippen LogP contribution is -2.17. The van der Waals surface area contributed by atoms with Gasteiger partial charge in [-0.1, -0.05) is 11.6 Å². The maximum absolute atomic E-state index is 6.17. The lowest BCUT2D eigenvalue weighted by molar-refractivity contribution is 0.600. The fourth-order valence-electron chi connectivity index (χ4n) is 1.68. The molecule has 92 valence electrons. The van der Waals surface area contributed by atoms with Gasteiger partial charge in [-0.3, -0.25) is 0 Å². The van der Waals surface area contributed by atoms with Crippen LogP contribution in [0.2, 0.25) is 5.02 Å². The third-order valence-corrected chi connectivity index (χ3v) is 5.33. The van der Waals surface area contributed by atoms with Crippen molar-refractivity contribution >= 4 is 34.3 Å². The highest BCUT2D eigenvalue weighted by molar-refractivity contribution is 7.11. The van der Waals surface area contributed by atoms with Crippen LogP contribution in [0.3, 0.4) is 0 Å². The van der Waals surface area contributed by atoms with Crippen molar-refractivity contribution < 1.29 is 0 Å². The number of hydrogen-bond acceptors (Lipinski definition) is 4. The number of rotatable bonds is 4. The number of thiophene rings is 1. The first-order valence-electron chi connectivity index (χ1n) is 5.45. The van der Waals surface area contributed by atoms with Crippen molar-refractivity contribution in [3.05, 3.63) is 36.9 Å². The second-order valence-corrected chi connectivity index (χ2v) is 6.57. The second-order valence-electron chi connectivity index (χ2n) is 3.93. The standard InChI is InChI=1S/C12H15ClN2S2/c1-7-8(2)17-11(15-7)6-10(14-3)12-9(13)4-5-16-12/h4-5,10,14H,6H2,1-3H3. The summed E-state index contributed by atoms with van der Waals surface area (Å²) in [5.74, 6) is 0. The zero-order chi connectivity index (χ0) is 12.4. The van der Waals surface area contributed by atoms with Gasteiger partial charge in [-0.05, 0) is 32.3 Å². The molecule has 2 heterocycles. The molecule has 0 aromatic carbocycles. The average molecular weight is 287 g/mol. The largest absolute Gasteiger partial charge is 0.312 e. The molecule has 0 aliphatic carbocycles. The van der Waals surface area contributed by atoms with E-state index >= 15 is 0 Å². The number of halogens is 1. The van der Waals surface area contributed by atoms with E-state index in [9.17, 15) is 0 Å². The molecule has 5 heteroatoms. The number of aryl methyl sites for hydroxylation is 2. The van der Waals surface area contributed by atoms with E-state index < -0.39 is 0 Å². The van der Waals surface area contributed by atoms with Crippen LogP contribution in [0.5, 0.6) is 0 Å². The summed E-state index contributed by atoms with van der Waals surface area (Å²) in [6.45, 7) is 4.17. The molecule has 17 heavy (non-hydrogen) atoms. The minimum Gasteiger partial charge on any atom is -0.312 e. The zero-order valence-corrected chi connectivity index (χ0v) is 12.5. The smallest absolute Gasteiger partial charge is 0.0950 e. The number of nitrogens with zero attached hydrogens (tertiary/aromatic N) is 1. The van der Waals surface area contributed by atoms with Gasteiger partial charge in [-0.15, -0.1) is 22.7 Å². The summed E-state index contributed by atoms with van der Waals surface area (Å²) in [4.78, 5) is 7.07. The minimum atomic E-state index is 0.257. The number of likely N-dealkylation sites (N-methyl/N-ethyl adjacent to an activating group) is 1. The van der Waals surface area contributed by atoms with Crippen molar-refractivity contribution in [3.8, 4) is 0 Å². The van der Waals surface area contributed by atoms with E-state index in [2.05, 4.69) is 24.1 Å². The van der Waals surface area contributed by atoms with Crippen LogP contribution in [-0.2, 0) is 6.42 Å². The van der Waals surface area contributed by atoms with Gasteiger partial charge in [0.15, 0.2) is 0 Å². The molecule has 0 saturated carbocycles. The van der Waals surface area contributed by atoms with Crippen LogP contribution in [0.15, 0.2) is 11.4 Å². The van der Waals surface area contributed by atoms with E-state index in [1.165, 1.54) is 14.8 Å². The topological polar surface area (TPSA) is 24.9 Å². The number of nitrogens with one attached hydrogen (secondary N) is 1. The molecule has 0 fully saturated rings. The highest BCUT2D eigenvalue weighted by atomic mass is 35.5. The molecule has 0 bridgehead atoms. The van der Waals surface area contributed by atoms with Crippen molar-refractivity contribution in [3.63, 3.8) is 0 Å². The number of thiazole rings is 1. The molecule has 1 N–H and O–H groups in total. The van der Waals surface area contributed by atoms with Crippen LogP contribution in [0.4, 0.5) is 0 Å². The molecule has 0 amide bonds. The van der Waals surface area contributed by atoms with Gasteiger partial charge < -0.3 is 5.32 Å². The molecule has 0 saturated heterocycles. The summed E-state index contributed by atoms with van der Waals surface area (Å²) < 4.78 is 0. The lowest BCUT2D eigenvalue weighted by Gasteiger charge is -2.13. The number of aromatic nitrogens is 1. The Morgan fingerprint density at radius 3 is 2.71 bits per heavy atom. The van der Waals surface area contributed by atoms with Crippen molar-refractivity contribution in [2.24, 2.45) is 0 Å². The molecule has 1 atom stereocenters. The van der Waals surface area contributed by atoms with Gasteiger partial charge in [0, 0.05) is 22.2 Å². The summed E-state index contributed by atoms with van der Waals surface area (Å²) in [5.41, 5.74) is 1.14. The van der Waals surface area contributed by atoms with Crippen molar-refractivity contribution in [2.45, 2.75) is 26.3 Å². The van der Waals surface area contributed by atoms with E-state index in [1.54, 1.807) is 22.7 Å². The SMILES string of the molecule is CNC(Cc1nc(C)c(C)s1)c1sccc1Cl. The van der Waals surface area contributed by atoms with Crippen LogP contribution in [0, 0.1) is 13.8 Å². The molecule has 0 radical (unpaired) electrons. The lowest BCUT2D eigenvalue weighted by atomic mass is 10.2. The summed E-state index contributed by atoms with van der Waals surface area (Å²) in [6.07, 6.45) is 0.899. The highest BCUT2D eigenvalue weighted by Gasteiger charge is 2.17. The zero-order valence-electron chi connectivity index (χ0n) is 10.1. The van der Waals surface area contributed by atoms with Gasteiger partial charge in [-0.2, -0.15) is 0 Å². The fraction of sp³-hybridized carbons (Fsp3) is 0.417. The molecule has 2 rings (SSSR count). The van der Waals surface area contributed by atoms with Gasteiger partial charge in [0.1, 0.15) is 0 Å². The normalized spacial score (nSPS) is 12.9. The molecule has 0 spiro atoms. The van der Waals surface area contributed by atoms with Gasteiger partial charge in [-0.25, -0.2) is 4.98 Å². The minimum absolute atomic E-state index is 0.257. The summed E-state index contributed by atoms with van der Waals surface area (Å²) in [5, 5.41) is 7.36. The van der Waals surface area contributed by atoms with E-state index in [1.807, 2.05) is 18.5 Å². The average Bonchev–Trinajstić information content (AvgIpc) is 2.83. The van der Waals surface area contributed by atoms with Crippen LogP contribution in [0.1, 0.15) is 26.5 Å². The summed E-state index contributed by atoms with van der Waals surface area (Å²) >= 11 is 9.64. The predicted molar refractivity (Wildman–Crippen MR) is 76.4 cm³/mol. The highest BCUT2D eigenvalue weighted by Crippen LogP contribution is 2.31. The van der Waals surface area contributed by atoms with Crippen molar-refractivity contribution in [1.82, 2.24) is 10.3 Å². The maximum atomic E-state index is 6.17. The second kappa shape index (κ2) is 5.48. The Balaban J connectivity index is 2.18. The Kier molecular flexibility index (Phi) is 4.20. The van der Waals surface area contributed by atoms with Crippen molar-refractivity contribution in [2.75, 3.05) is 7.05 Å². The summed E-state index contributed by atoms with van der Waals surface area (Å²) in [7, 11) is 1.97. The Morgan fingerprint density at radius 2 is 2.24 bits per heavy atom. The van der Waals surface area contributed by atoms with Gasteiger partial charge in [0.25, 0.3) is 0 Å². The van der Waals surface area contributed by atoms with Gasteiger partial charge >= 0.3 is 0 Å². The monoisotopic (exact) mass is 286 g/mol.